The first kappa shape index (κ1) is 12.2. The SMILES string of the molecule is CCc1nnc(NC(CN)C2CC2)nc1CC. The van der Waals surface area contributed by atoms with E-state index in [0.29, 0.717) is 24.5 Å². The number of anilines is 1. The Morgan fingerprint density at radius 3 is 2.47 bits per heavy atom. The molecule has 5 heteroatoms. The minimum atomic E-state index is 0.300. The molecular weight excluding hydrogens is 214 g/mol. The van der Waals surface area contributed by atoms with Crippen LogP contribution in [0.25, 0.3) is 0 Å². The molecule has 5 nitrogen and oxygen atoms in total. The highest BCUT2D eigenvalue weighted by Gasteiger charge is 2.30. The largest absolute Gasteiger partial charge is 0.349 e. The van der Waals surface area contributed by atoms with Crippen LogP contribution in [-0.4, -0.2) is 27.8 Å². The average Bonchev–Trinajstić information content (AvgIpc) is 3.19. The first-order valence-electron chi connectivity index (χ1n) is 6.47. The smallest absolute Gasteiger partial charge is 0.243 e. The van der Waals surface area contributed by atoms with E-state index >= 15 is 0 Å². The maximum absolute atomic E-state index is 5.75. The third-order valence-electron chi connectivity index (χ3n) is 3.27. The summed E-state index contributed by atoms with van der Waals surface area (Å²) in [6.45, 7) is 4.80. The van der Waals surface area contributed by atoms with Gasteiger partial charge in [0, 0.05) is 12.6 Å². The quantitative estimate of drug-likeness (QED) is 0.773. The molecule has 1 aliphatic rings. The number of hydrogen-bond donors (Lipinski definition) is 2. The van der Waals surface area contributed by atoms with Crippen LogP contribution >= 0.6 is 0 Å². The molecule has 0 spiro atoms. The Bertz CT molecular complexity index is 375. The first-order valence-corrected chi connectivity index (χ1v) is 6.47. The van der Waals surface area contributed by atoms with Crippen molar-refractivity contribution in [3.8, 4) is 0 Å². The molecule has 1 aliphatic carbocycles. The molecule has 0 aromatic carbocycles. The van der Waals surface area contributed by atoms with E-state index in [2.05, 4.69) is 34.3 Å². The van der Waals surface area contributed by atoms with Crippen LogP contribution in [0.3, 0.4) is 0 Å². The first-order chi connectivity index (χ1) is 8.28. The number of nitrogens with one attached hydrogen (secondary N) is 1. The number of aromatic nitrogens is 3. The molecule has 0 bridgehead atoms. The number of rotatable bonds is 6. The van der Waals surface area contributed by atoms with Gasteiger partial charge in [-0.2, -0.15) is 5.10 Å². The van der Waals surface area contributed by atoms with Crippen LogP contribution in [0.15, 0.2) is 0 Å². The summed E-state index contributed by atoms with van der Waals surface area (Å²) in [5.41, 5.74) is 7.78. The van der Waals surface area contributed by atoms with Crippen molar-refractivity contribution in [3.05, 3.63) is 11.4 Å². The van der Waals surface area contributed by atoms with E-state index in [-0.39, 0.29) is 0 Å². The minimum absolute atomic E-state index is 0.300. The van der Waals surface area contributed by atoms with Gasteiger partial charge < -0.3 is 11.1 Å². The molecule has 0 saturated heterocycles. The average molecular weight is 235 g/mol. The zero-order valence-corrected chi connectivity index (χ0v) is 10.6. The Balaban J connectivity index is 2.09. The summed E-state index contributed by atoms with van der Waals surface area (Å²) < 4.78 is 0. The summed E-state index contributed by atoms with van der Waals surface area (Å²) in [6, 6.07) is 0.300. The topological polar surface area (TPSA) is 76.7 Å². The van der Waals surface area contributed by atoms with Gasteiger partial charge in [0.05, 0.1) is 11.4 Å². The Kier molecular flexibility index (Phi) is 3.89. The fraction of sp³-hybridized carbons (Fsp3) is 0.750. The Labute approximate surface area is 102 Å². The molecule has 1 saturated carbocycles. The van der Waals surface area contributed by atoms with E-state index in [4.69, 9.17) is 5.73 Å². The van der Waals surface area contributed by atoms with Gasteiger partial charge in [0.25, 0.3) is 0 Å². The number of hydrogen-bond acceptors (Lipinski definition) is 5. The third-order valence-corrected chi connectivity index (χ3v) is 3.27. The molecule has 3 N–H and O–H groups in total. The van der Waals surface area contributed by atoms with E-state index in [1.54, 1.807) is 0 Å². The Morgan fingerprint density at radius 2 is 1.94 bits per heavy atom. The van der Waals surface area contributed by atoms with Crippen molar-refractivity contribution in [1.82, 2.24) is 15.2 Å². The zero-order valence-electron chi connectivity index (χ0n) is 10.6. The van der Waals surface area contributed by atoms with Crippen LogP contribution in [-0.2, 0) is 12.8 Å². The maximum atomic E-state index is 5.75. The number of aryl methyl sites for hydroxylation is 2. The lowest BCUT2D eigenvalue weighted by Gasteiger charge is -2.16. The summed E-state index contributed by atoms with van der Waals surface area (Å²) in [6.07, 6.45) is 4.29. The van der Waals surface area contributed by atoms with E-state index < -0.39 is 0 Å². The molecular formula is C12H21N5. The van der Waals surface area contributed by atoms with Gasteiger partial charge in [0.15, 0.2) is 0 Å². The Morgan fingerprint density at radius 1 is 1.24 bits per heavy atom. The van der Waals surface area contributed by atoms with Crippen molar-refractivity contribution in [2.75, 3.05) is 11.9 Å². The van der Waals surface area contributed by atoms with E-state index in [1.165, 1.54) is 12.8 Å². The lowest BCUT2D eigenvalue weighted by molar-refractivity contribution is 0.633. The summed E-state index contributed by atoms with van der Waals surface area (Å²) in [5.74, 6) is 1.32. The van der Waals surface area contributed by atoms with Gasteiger partial charge in [-0.15, -0.1) is 5.10 Å². The molecule has 1 unspecified atom stereocenters. The second kappa shape index (κ2) is 5.40. The van der Waals surface area contributed by atoms with Gasteiger partial charge in [0.1, 0.15) is 0 Å². The normalized spacial score (nSPS) is 16.9. The fourth-order valence-electron chi connectivity index (χ4n) is 2.03. The van der Waals surface area contributed by atoms with E-state index in [0.717, 1.165) is 24.2 Å². The molecule has 94 valence electrons. The second-order valence-corrected chi connectivity index (χ2v) is 4.56. The molecule has 0 amide bonds. The lowest BCUT2D eigenvalue weighted by Crippen LogP contribution is -2.32. The maximum Gasteiger partial charge on any atom is 0.243 e. The van der Waals surface area contributed by atoms with Crippen LogP contribution in [0.4, 0.5) is 5.95 Å². The van der Waals surface area contributed by atoms with Crippen molar-refractivity contribution in [3.63, 3.8) is 0 Å². The van der Waals surface area contributed by atoms with Crippen molar-refractivity contribution >= 4 is 5.95 Å². The molecule has 1 aromatic rings. The van der Waals surface area contributed by atoms with Gasteiger partial charge in [-0.1, -0.05) is 13.8 Å². The van der Waals surface area contributed by atoms with Gasteiger partial charge in [-0.05, 0) is 31.6 Å². The van der Waals surface area contributed by atoms with Gasteiger partial charge >= 0.3 is 0 Å². The van der Waals surface area contributed by atoms with Crippen LogP contribution in [0, 0.1) is 5.92 Å². The monoisotopic (exact) mass is 235 g/mol. The predicted octanol–water partition coefficient (Wildman–Crippen LogP) is 1.15. The summed E-state index contributed by atoms with van der Waals surface area (Å²) in [7, 11) is 0. The molecule has 1 heterocycles. The molecule has 1 atom stereocenters. The van der Waals surface area contributed by atoms with Crippen molar-refractivity contribution in [2.45, 2.75) is 45.6 Å². The highest BCUT2D eigenvalue weighted by Crippen LogP contribution is 2.33. The summed E-state index contributed by atoms with van der Waals surface area (Å²) in [4.78, 5) is 4.52. The third kappa shape index (κ3) is 2.91. The number of nitrogens with zero attached hydrogens (tertiary/aromatic N) is 3. The summed E-state index contributed by atoms with van der Waals surface area (Å²) >= 11 is 0. The van der Waals surface area contributed by atoms with Crippen LogP contribution in [0.5, 0.6) is 0 Å². The molecule has 1 aromatic heterocycles. The van der Waals surface area contributed by atoms with Crippen molar-refractivity contribution < 1.29 is 0 Å². The van der Waals surface area contributed by atoms with Crippen LogP contribution in [0.2, 0.25) is 0 Å². The van der Waals surface area contributed by atoms with Gasteiger partial charge in [-0.25, -0.2) is 4.98 Å². The Hall–Kier alpha value is -1.23. The molecule has 0 radical (unpaired) electrons. The standard InChI is InChI=1S/C12H21N5/c1-3-9-10(4-2)16-17-12(14-9)15-11(7-13)8-5-6-8/h8,11H,3-7,13H2,1-2H3,(H,14,15,17). The predicted molar refractivity (Wildman–Crippen MR) is 67.8 cm³/mol. The highest BCUT2D eigenvalue weighted by molar-refractivity contribution is 5.28. The van der Waals surface area contributed by atoms with Gasteiger partial charge in [-0.3, -0.25) is 0 Å². The van der Waals surface area contributed by atoms with Crippen LogP contribution < -0.4 is 11.1 Å². The molecule has 17 heavy (non-hydrogen) atoms. The van der Waals surface area contributed by atoms with Crippen molar-refractivity contribution in [1.29, 1.82) is 0 Å². The molecule has 2 rings (SSSR count). The van der Waals surface area contributed by atoms with Crippen LogP contribution in [0.1, 0.15) is 38.1 Å². The minimum Gasteiger partial charge on any atom is -0.349 e. The van der Waals surface area contributed by atoms with E-state index in [1.807, 2.05) is 0 Å². The van der Waals surface area contributed by atoms with Gasteiger partial charge in [0.2, 0.25) is 5.95 Å². The summed E-state index contributed by atoms with van der Waals surface area (Å²) in [5, 5.41) is 11.7. The van der Waals surface area contributed by atoms with E-state index in [9.17, 15) is 0 Å². The van der Waals surface area contributed by atoms with Crippen molar-refractivity contribution in [2.24, 2.45) is 11.7 Å². The lowest BCUT2D eigenvalue weighted by atomic mass is 10.2. The second-order valence-electron chi connectivity index (χ2n) is 4.56. The molecule has 1 fully saturated rings. The fourth-order valence-corrected chi connectivity index (χ4v) is 2.03. The highest BCUT2D eigenvalue weighted by atomic mass is 15.3. The zero-order chi connectivity index (χ0) is 12.3. The molecule has 0 aliphatic heterocycles. The number of nitrogens with two attached hydrogens (primary N) is 1.